The summed E-state index contributed by atoms with van der Waals surface area (Å²) in [5.74, 6) is 0. The Morgan fingerprint density at radius 3 is 1.59 bits per heavy atom. The van der Waals surface area contributed by atoms with E-state index in [4.69, 9.17) is 16.6 Å². The summed E-state index contributed by atoms with van der Waals surface area (Å²) < 4.78 is 0. The topological polar surface area (TPSA) is 16.1 Å². The smallest absolute Gasteiger partial charge is 0.101 e. The molecule has 4 aromatic rings. The second kappa shape index (κ2) is 8.50. The van der Waals surface area contributed by atoms with Crippen LogP contribution in [0.3, 0.4) is 0 Å². The Kier molecular flexibility index (Phi) is 5.64. The average Bonchev–Trinajstić information content (AvgIpc) is 2.79. The van der Waals surface area contributed by atoms with Crippen molar-refractivity contribution in [2.75, 3.05) is 11.9 Å². The first-order valence-electron chi connectivity index (χ1n) is 9.72. The van der Waals surface area contributed by atoms with Gasteiger partial charge in [-0.1, -0.05) is 84.4 Å². The number of benzene rings is 3. The molecule has 0 amide bonds. The van der Waals surface area contributed by atoms with Crippen LogP contribution in [0.1, 0.15) is 6.92 Å². The Balaban J connectivity index is 1.80. The predicted molar refractivity (Wildman–Crippen MR) is 124 cm³/mol. The molecule has 0 aliphatic rings. The van der Waals surface area contributed by atoms with Crippen molar-refractivity contribution in [1.82, 2.24) is 4.98 Å². The Morgan fingerprint density at radius 1 is 0.655 bits per heavy atom. The van der Waals surface area contributed by atoms with Gasteiger partial charge in [0.15, 0.2) is 0 Å². The summed E-state index contributed by atoms with van der Waals surface area (Å²) in [6.07, 6.45) is 0. The number of pyridine rings is 1. The zero-order valence-electron chi connectivity index (χ0n) is 16.6. The van der Waals surface area contributed by atoms with Crippen LogP contribution in [0.2, 0.25) is 0 Å². The number of rotatable bonds is 5. The van der Waals surface area contributed by atoms with Crippen LogP contribution in [-0.4, -0.2) is 17.5 Å². The van der Waals surface area contributed by atoms with Gasteiger partial charge in [-0.05, 0) is 42.3 Å². The number of aromatic nitrogens is 1. The van der Waals surface area contributed by atoms with E-state index in [1.54, 1.807) is 0 Å². The van der Waals surface area contributed by atoms with Gasteiger partial charge in [-0.3, -0.25) is 0 Å². The largest absolute Gasteiger partial charge is 0.358 e. The van der Waals surface area contributed by atoms with Gasteiger partial charge in [0.05, 0.1) is 11.4 Å². The minimum atomic E-state index is -0.0591. The molecule has 1 aromatic heterocycles. The van der Waals surface area contributed by atoms with Crippen molar-refractivity contribution in [3.8, 4) is 33.6 Å². The number of hydrogen-bond donors (Lipinski definition) is 0. The summed E-state index contributed by atoms with van der Waals surface area (Å²) in [6, 6.07) is 33.4. The minimum Gasteiger partial charge on any atom is -0.358 e. The Hall–Kier alpha value is -3.10. The molecule has 0 radical (unpaired) electrons. The lowest BCUT2D eigenvalue weighted by Crippen LogP contribution is -2.23. The van der Waals surface area contributed by atoms with E-state index in [-0.39, 0.29) is 5.50 Å². The Labute approximate surface area is 177 Å². The second-order valence-corrected chi connectivity index (χ2v) is 7.72. The number of hydrogen-bond acceptors (Lipinski definition) is 2. The maximum absolute atomic E-state index is 6.21. The lowest BCUT2D eigenvalue weighted by molar-refractivity contribution is 0.898. The standard InChI is InChI=1S/C26H23ClN2/c1-19(27)29(2)24-15-13-20(14-16-24)23-17-25(21-9-5-3-6-10-21)28-26(18-23)22-11-7-4-8-12-22/h3-19H,1-2H3. The first kappa shape index (κ1) is 19.2. The van der Waals surface area contributed by atoms with Crippen molar-refractivity contribution in [1.29, 1.82) is 0 Å². The molecule has 0 bridgehead atoms. The number of halogens is 1. The Morgan fingerprint density at radius 2 is 1.14 bits per heavy atom. The van der Waals surface area contributed by atoms with Crippen molar-refractivity contribution in [3.63, 3.8) is 0 Å². The van der Waals surface area contributed by atoms with Crippen molar-refractivity contribution in [2.24, 2.45) is 0 Å². The molecule has 2 nitrogen and oxygen atoms in total. The Bertz CT molecular complexity index is 1020. The van der Waals surface area contributed by atoms with Gasteiger partial charge < -0.3 is 4.90 Å². The highest BCUT2D eigenvalue weighted by atomic mass is 35.5. The molecule has 0 spiro atoms. The van der Waals surface area contributed by atoms with Crippen LogP contribution in [-0.2, 0) is 0 Å². The van der Waals surface area contributed by atoms with Crippen LogP contribution < -0.4 is 4.90 Å². The first-order valence-corrected chi connectivity index (χ1v) is 10.2. The lowest BCUT2D eigenvalue weighted by Gasteiger charge is -2.22. The normalized spacial score (nSPS) is 11.8. The van der Waals surface area contributed by atoms with Crippen LogP contribution in [0.4, 0.5) is 5.69 Å². The van der Waals surface area contributed by atoms with Crippen LogP contribution in [0, 0.1) is 0 Å². The third-order valence-corrected chi connectivity index (χ3v) is 5.40. The molecule has 0 aliphatic heterocycles. The second-order valence-electron chi connectivity index (χ2n) is 7.09. The monoisotopic (exact) mass is 398 g/mol. The summed E-state index contributed by atoms with van der Waals surface area (Å²) in [7, 11) is 2.00. The molecule has 1 heterocycles. The van der Waals surface area contributed by atoms with Gasteiger partial charge in [0.25, 0.3) is 0 Å². The van der Waals surface area contributed by atoms with Crippen molar-refractivity contribution >= 4 is 17.3 Å². The molecule has 0 fully saturated rings. The van der Waals surface area contributed by atoms with Crippen molar-refractivity contribution < 1.29 is 0 Å². The SMILES string of the molecule is CC(Cl)N(C)c1ccc(-c2cc(-c3ccccc3)nc(-c3ccccc3)c2)cc1. The summed E-state index contributed by atoms with van der Waals surface area (Å²) in [6.45, 7) is 1.97. The number of anilines is 1. The van der Waals surface area contributed by atoms with Gasteiger partial charge in [0.2, 0.25) is 0 Å². The maximum Gasteiger partial charge on any atom is 0.101 e. The summed E-state index contributed by atoms with van der Waals surface area (Å²) in [5, 5.41) is 0. The van der Waals surface area contributed by atoms with Crippen molar-refractivity contribution in [3.05, 3.63) is 97.1 Å². The van der Waals surface area contributed by atoms with Gasteiger partial charge in [-0.25, -0.2) is 4.98 Å². The highest BCUT2D eigenvalue weighted by molar-refractivity contribution is 6.21. The fourth-order valence-corrected chi connectivity index (χ4v) is 3.42. The van der Waals surface area contributed by atoms with Gasteiger partial charge in [0, 0.05) is 23.9 Å². The molecule has 0 saturated carbocycles. The van der Waals surface area contributed by atoms with Gasteiger partial charge >= 0.3 is 0 Å². The van der Waals surface area contributed by atoms with Gasteiger partial charge in [-0.2, -0.15) is 0 Å². The molecule has 3 heteroatoms. The van der Waals surface area contributed by atoms with E-state index in [9.17, 15) is 0 Å². The zero-order valence-corrected chi connectivity index (χ0v) is 17.3. The first-order chi connectivity index (χ1) is 14.1. The molecule has 144 valence electrons. The molecule has 3 aromatic carbocycles. The van der Waals surface area contributed by atoms with E-state index in [0.717, 1.165) is 39.3 Å². The van der Waals surface area contributed by atoms with E-state index < -0.39 is 0 Å². The van der Waals surface area contributed by atoms with Crippen LogP contribution >= 0.6 is 11.6 Å². The fraction of sp³-hybridized carbons (Fsp3) is 0.115. The molecule has 0 N–H and O–H groups in total. The van der Waals surface area contributed by atoms with E-state index in [2.05, 4.69) is 60.7 Å². The molecule has 0 aliphatic carbocycles. The molecule has 4 rings (SSSR count). The van der Waals surface area contributed by atoms with E-state index in [0.29, 0.717) is 0 Å². The van der Waals surface area contributed by atoms with Gasteiger partial charge in [0.1, 0.15) is 5.50 Å². The van der Waals surface area contributed by atoms with Crippen LogP contribution in [0.15, 0.2) is 97.1 Å². The number of alkyl halides is 1. The zero-order chi connectivity index (χ0) is 20.2. The molecule has 1 atom stereocenters. The molecule has 29 heavy (non-hydrogen) atoms. The molecular weight excluding hydrogens is 376 g/mol. The summed E-state index contributed by atoms with van der Waals surface area (Å²) >= 11 is 6.21. The third-order valence-electron chi connectivity index (χ3n) is 5.11. The minimum absolute atomic E-state index is 0.0591. The molecule has 1 unspecified atom stereocenters. The van der Waals surface area contributed by atoms with Crippen LogP contribution in [0.25, 0.3) is 33.6 Å². The molecular formula is C26H23ClN2. The predicted octanol–water partition coefficient (Wildman–Crippen LogP) is 7.10. The maximum atomic E-state index is 6.21. The highest BCUT2D eigenvalue weighted by Gasteiger charge is 2.10. The van der Waals surface area contributed by atoms with Crippen LogP contribution in [0.5, 0.6) is 0 Å². The van der Waals surface area contributed by atoms with Crippen molar-refractivity contribution in [2.45, 2.75) is 12.4 Å². The van der Waals surface area contributed by atoms with E-state index in [1.165, 1.54) is 0 Å². The molecule has 0 saturated heterocycles. The summed E-state index contributed by atoms with van der Waals surface area (Å²) in [5.41, 5.74) is 7.49. The van der Waals surface area contributed by atoms with Gasteiger partial charge in [-0.15, -0.1) is 0 Å². The summed E-state index contributed by atoms with van der Waals surface area (Å²) in [4.78, 5) is 6.99. The lowest BCUT2D eigenvalue weighted by atomic mass is 10.00. The third kappa shape index (κ3) is 4.33. The highest BCUT2D eigenvalue weighted by Crippen LogP contribution is 2.31. The van der Waals surface area contributed by atoms with E-state index >= 15 is 0 Å². The van der Waals surface area contributed by atoms with E-state index in [1.807, 2.05) is 55.3 Å². The number of nitrogens with zero attached hydrogens (tertiary/aromatic N) is 2. The average molecular weight is 399 g/mol. The fourth-order valence-electron chi connectivity index (χ4n) is 3.31. The quantitative estimate of drug-likeness (QED) is 0.263.